The van der Waals surface area contributed by atoms with Crippen molar-refractivity contribution in [2.75, 3.05) is 18.4 Å². The number of rotatable bonds is 5. The molecule has 1 fully saturated rings. The molecule has 23 heavy (non-hydrogen) atoms. The zero-order valence-electron chi connectivity index (χ0n) is 13.4. The minimum atomic E-state index is -0.399. The van der Waals surface area contributed by atoms with Crippen LogP contribution in [0.1, 0.15) is 25.8 Å². The normalized spacial score (nSPS) is 19.5. The summed E-state index contributed by atoms with van der Waals surface area (Å²) >= 11 is 4.81. The van der Waals surface area contributed by atoms with Gasteiger partial charge in [0.05, 0.1) is 5.69 Å². The number of carbonyl (C=O) groups is 2. The molecule has 0 radical (unpaired) electrons. The molecular formula is C16H20BrN3O2S. The molecule has 1 saturated heterocycles. The van der Waals surface area contributed by atoms with Crippen LogP contribution in [0.15, 0.2) is 27.7 Å². The van der Waals surface area contributed by atoms with E-state index in [1.54, 1.807) is 4.90 Å². The molecule has 1 N–H and O–H groups in total. The molecule has 1 unspecified atom stereocenters. The van der Waals surface area contributed by atoms with Gasteiger partial charge in [0.2, 0.25) is 11.8 Å². The van der Waals surface area contributed by atoms with E-state index in [4.69, 9.17) is 0 Å². The Bertz CT molecular complexity index is 648. The molecule has 7 heteroatoms. The zero-order chi connectivity index (χ0) is 17.0. The standard InChI is InChI=1S/C16H20BrN3O2S/c1-4-18-16-20(5-2)15(22)13(23-16)9-14(21)19-12-7-6-10(3)8-11(12)17/h6-8,13H,4-5,9H2,1-3H3,(H,19,21). The van der Waals surface area contributed by atoms with E-state index in [0.29, 0.717) is 23.9 Å². The molecule has 1 heterocycles. The minimum absolute atomic E-state index is 0.0391. The molecule has 0 bridgehead atoms. The maximum Gasteiger partial charge on any atom is 0.242 e. The predicted octanol–water partition coefficient (Wildman–Crippen LogP) is 3.43. The summed E-state index contributed by atoms with van der Waals surface area (Å²) in [5, 5.41) is 3.17. The Labute approximate surface area is 149 Å². The molecule has 0 aromatic heterocycles. The van der Waals surface area contributed by atoms with Gasteiger partial charge in [-0.1, -0.05) is 17.8 Å². The minimum Gasteiger partial charge on any atom is -0.325 e. The Morgan fingerprint density at radius 3 is 2.78 bits per heavy atom. The third-order valence-corrected chi connectivity index (χ3v) is 5.27. The van der Waals surface area contributed by atoms with Gasteiger partial charge in [0.25, 0.3) is 0 Å². The molecule has 5 nitrogen and oxygen atoms in total. The average molecular weight is 398 g/mol. The van der Waals surface area contributed by atoms with Crippen LogP contribution in [0.3, 0.4) is 0 Å². The van der Waals surface area contributed by atoms with E-state index >= 15 is 0 Å². The van der Waals surface area contributed by atoms with Crippen molar-refractivity contribution in [3.05, 3.63) is 28.2 Å². The quantitative estimate of drug-likeness (QED) is 0.827. The second-order valence-electron chi connectivity index (χ2n) is 5.18. The second-order valence-corrected chi connectivity index (χ2v) is 7.21. The highest BCUT2D eigenvalue weighted by Crippen LogP contribution is 2.30. The number of benzene rings is 1. The lowest BCUT2D eigenvalue weighted by Crippen LogP contribution is -2.33. The van der Waals surface area contributed by atoms with E-state index in [-0.39, 0.29) is 18.2 Å². The van der Waals surface area contributed by atoms with Crippen molar-refractivity contribution in [3.8, 4) is 0 Å². The van der Waals surface area contributed by atoms with E-state index < -0.39 is 5.25 Å². The third-order valence-electron chi connectivity index (χ3n) is 3.40. The summed E-state index contributed by atoms with van der Waals surface area (Å²) < 4.78 is 0.833. The Morgan fingerprint density at radius 1 is 1.43 bits per heavy atom. The van der Waals surface area contributed by atoms with Gasteiger partial charge in [-0.2, -0.15) is 0 Å². The van der Waals surface area contributed by atoms with Crippen LogP contribution in [0.25, 0.3) is 0 Å². The van der Waals surface area contributed by atoms with Crippen LogP contribution in [0, 0.1) is 6.92 Å². The number of hydrogen-bond donors (Lipinski definition) is 1. The van der Waals surface area contributed by atoms with Crippen LogP contribution in [-0.4, -0.2) is 40.2 Å². The summed E-state index contributed by atoms with van der Waals surface area (Å²) in [6.07, 6.45) is 0.142. The van der Waals surface area contributed by atoms with Gasteiger partial charge in [-0.3, -0.25) is 19.5 Å². The number of aliphatic imine (C=N–C) groups is 1. The summed E-state index contributed by atoms with van der Waals surface area (Å²) in [6, 6.07) is 5.72. The lowest BCUT2D eigenvalue weighted by atomic mass is 10.2. The number of amidine groups is 1. The van der Waals surface area contributed by atoms with Gasteiger partial charge in [-0.25, -0.2) is 0 Å². The lowest BCUT2D eigenvalue weighted by molar-refractivity contribution is -0.128. The summed E-state index contributed by atoms with van der Waals surface area (Å²) in [4.78, 5) is 30.6. The third kappa shape index (κ3) is 4.35. The van der Waals surface area contributed by atoms with Crippen molar-refractivity contribution in [1.82, 2.24) is 4.90 Å². The first kappa shape index (κ1) is 18.0. The number of aryl methyl sites for hydroxylation is 1. The van der Waals surface area contributed by atoms with Crippen molar-refractivity contribution in [1.29, 1.82) is 0 Å². The monoisotopic (exact) mass is 397 g/mol. The number of anilines is 1. The fourth-order valence-electron chi connectivity index (χ4n) is 2.28. The van der Waals surface area contributed by atoms with Crippen LogP contribution in [-0.2, 0) is 9.59 Å². The fraction of sp³-hybridized carbons (Fsp3) is 0.438. The SMILES string of the molecule is CCN=C1SC(CC(=O)Nc2ccc(C)cc2Br)C(=O)N1CC. The maximum absolute atomic E-state index is 12.4. The van der Waals surface area contributed by atoms with Gasteiger partial charge in [-0.05, 0) is 54.4 Å². The first-order chi connectivity index (χ1) is 11.0. The number of carbonyl (C=O) groups excluding carboxylic acids is 2. The van der Waals surface area contributed by atoms with Crippen LogP contribution in [0.4, 0.5) is 5.69 Å². The summed E-state index contributed by atoms with van der Waals surface area (Å²) in [5.41, 5.74) is 1.82. The molecule has 1 aliphatic rings. The average Bonchev–Trinajstić information content (AvgIpc) is 2.78. The highest BCUT2D eigenvalue weighted by molar-refractivity contribution is 9.10. The van der Waals surface area contributed by atoms with Gasteiger partial charge >= 0.3 is 0 Å². The smallest absolute Gasteiger partial charge is 0.242 e. The predicted molar refractivity (Wildman–Crippen MR) is 98.9 cm³/mol. The van der Waals surface area contributed by atoms with Gasteiger partial charge in [0, 0.05) is 24.0 Å². The lowest BCUT2D eigenvalue weighted by Gasteiger charge is -2.13. The molecule has 2 amide bonds. The zero-order valence-corrected chi connectivity index (χ0v) is 15.8. The van der Waals surface area contributed by atoms with Crippen LogP contribution >= 0.6 is 27.7 Å². The Kier molecular flexibility index (Phi) is 6.24. The molecule has 0 aliphatic carbocycles. The molecule has 0 spiro atoms. The summed E-state index contributed by atoms with van der Waals surface area (Å²) in [7, 11) is 0. The second kappa shape index (κ2) is 7.97. The Balaban J connectivity index is 2.03. The molecule has 1 atom stereocenters. The van der Waals surface area contributed by atoms with Crippen molar-refractivity contribution in [2.24, 2.45) is 4.99 Å². The number of nitrogens with one attached hydrogen (secondary N) is 1. The number of hydrogen-bond acceptors (Lipinski definition) is 4. The summed E-state index contributed by atoms with van der Waals surface area (Å²) in [5.74, 6) is -0.211. The van der Waals surface area contributed by atoms with E-state index in [0.717, 1.165) is 10.0 Å². The number of thioether (sulfide) groups is 1. The number of nitrogens with zero attached hydrogens (tertiary/aromatic N) is 2. The largest absolute Gasteiger partial charge is 0.325 e. The molecule has 1 aromatic rings. The highest BCUT2D eigenvalue weighted by atomic mass is 79.9. The van der Waals surface area contributed by atoms with Crippen molar-refractivity contribution in [3.63, 3.8) is 0 Å². The van der Waals surface area contributed by atoms with Crippen molar-refractivity contribution < 1.29 is 9.59 Å². The van der Waals surface area contributed by atoms with E-state index in [1.807, 2.05) is 39.0 Å². The molecule has 1 aromatic carbocycles. The summed E-state index contributed by atoms with van der Waals surface area (Å²) in [6.45, 7) is 7.03. The van der Waals surface area contributed by atoms with Gasteiger partial charge in [0.15, 0.2) is 5.17 Å². The molecular weight excluding hydrogens is 378 g/mol. The fourth-order valence-corrected chi connectivity index (χ4v) is 4.14. The van der Waals surface area contributed by atoms with E-state index in [1.165, 1.54) is 11.8 Å². The number of halogens is 1. The van der Waals surface area contributed by atoms with E-state index in [2.05, 4.69) is 26.2 Å². The molecule has 0 saturated carbocycles. The van der Waals surface area contributed by atoms with Crippen LogP contribution in [0.2, 0.25) is 0 Å². The van der Waals surface area contributed by atoms with Crippen LogP contribution in [0.5, 0.6) is 0 Å². The molecule has 1 aliphatic heterocycles. The topological polar surface area (TPSA) is 61.8 Å². The van der Waals surface area contributed by atoms with Gasteiger partial charge in [0.1, 0.15) is 5.25 Å². The Hall–Kier alpha value is -1.34. The molecule has 2 rings (SSSR count). The first-order valence-corrected chi connectivity index (χ1v) is 9.22. The first-order valence-electron chi connectivity index (χ1n) is 7.54. The molecule has 124 valence electrons. The highest BCUT2D eigenvalue weighted by Gasteiger charge is 2.38. The maximum atomic E-state index is 12.4. The van der Waals surface area contributed by atoms with Crippen molar-refractivity contribution >= 4 is 50.4 Å². The Morgan fingerprint density at radius 2 is 2.17 bits per heavy atom. The van der Waals surface area contributed by atoms with Gasteiger partial charge < -0.3 is 5.32 Å². The van der Waals surface area contributed by atoms with Crippen LogP contribution < -0.4 is 5.32 Å². The van der Waals surface area contributed by atoms with E-state index in [9.17, 15) is 9.59 Å². The van der Waals surface area contributed by atoms with Gasteiger partial charge in [-0.15, -0.1) is 0 Å². The number of amides is 2. The van der Waals surface area contributed by atoms with Crippen molar-refractivity contribution in [2.45, 2.75) is 32.4 Å².